The van der Waals surface area contributed by atoms with Crippen LogP contribution in [0.25, 0.3) is 0 Å². The van der Waals surface area contributed by atoms with E-state index < -0.39 is 18.7 Å². The number of nitrogens with zero attached hydrogens (tertiary/aromatic N) is 1. The number of carboxylic acid groups (broad SMARTS) is 1. The Labute approximate surface area is 86.2 Å². The van der Waals surface area contributed by atoms with Crippen LogP contribution in [0, 0.1) is 0 Å². The van der Waals surface area contributed by atoms with Crippen LogP contribution in [0.5, 0.6) is 0 Å². The molecule has 0 aromatic heterocycles. The van der Waals surface area contributed by atoms with E-state index in [1.807, 2.05) is 0 Å². The second-order valence-electron chi connectivity index (χ2n) is 3.20. The van der Waals surface area contributed by atoms with Crippen molar-refractivity contribution >= 4 is 5.97 Å². The van der Waals surface area contributed by atoms with E-state index in [0.29, 0.717) is 6.42 Å². The van der Waals surface area contributed by atoms with Crippen molar-refractivity contribution in [3.8, 4) is 0 Å². The maximum absolute atomic E-state index is 11.9. The van der Waals surface area contributed by atoms with Gasteiger partial charge >= 0.3 is 12.1 Å². The first kappa shape index (κ1) is 14.0. The van der Waals surface area contributed by atoms with E-state index in [2.05, 4.69) is 0 Å². The second kappa shape index (κ2) is 5.75. The van der Waals surface area contributed by atoms with Gasteiger partial charge in [-0.2, -0.15) is 13.2 Å². The molecule has 0 unspecified atom stereocenters. The number of hydrogen-bond donors (Lipinski definition) is 1. The summed E-state index contributed by atoms with van der Waals surface area (Å²) >= 11 is 0. The summed E-state index contributed by atoms with van der Waals surface area (Å²) in [7, 11) is 1.29. The number of halogens is 3. The number of alkyl halides is 3. The van der Waals surface area contributed by atoms with Crippen LogP contribution in [0.15, 0.2) is 11.6 Å². The number of rotatable bonds is 5. The highest BCUT2D eigenvalue weighted by Gasteiger charge is 2.28. The number of aliphatic carboxylic acids is 1. The molecule has 0 heterocycles. The zero-order valence-electron chi connectivity index (χ0n) is 8.64. The van der Waals surface area contributed by atoms with Crippen LogP contribution < -0.4 is 0 Å². The molecule has 0 aliphatic heterocycles. The van der Waals surface area contributed by atoms with Crippen LogP contribution >= 0.6 is 0 Å². The van der Waals surface area contributed by atoms with E-state index in [-0.39, 0.29) is 12.1 Å². The van der Waals surface area contributed by atoms with Crippen molar-refractivity contribution in [3.05, 3.63) is 11.6 Å². The zero-order valence-corrected chi connectivity index (χ0v) is 8.64. The third-order valence-electron chi connectivity index (χ3n) is 1.75. The summed E-state index contributed by atoms with van der Waals surface area (Å²) in [5.74, 6) is -1.09. The maximum atomic E-state index is 11.9. The van der Waals surface area contributed by atoms with Crippen molar-refractivity contribution < 1.29 is 23.1 Å². The van der Waals surface area contributed by atoms with Crippen LogP contribution in [-0.2, 0) is 4.79 Å². The van der Waals surface area contributed by atoms with Gasteiger partial charge in [-0.25, -0.2) is 4.79 Å². The van der Waals surface area contributed by atoms with Gasteiger partial charge in [0.15, 0.2) is 0 Å². The highest BCUT2D eigenvalue weighted by Crippen LogP contribution is 2.15. The molecule has 1 N–H and O–H groups in total. The zero-order chi connectivity index (χ0) is 12.1. The summed E-state index contributed by atoms with van der Waals surface area (Å²) in [6, 6.07) is 0. The fraction of sp³-hybridized carbons (Fsp3) is 0.667. The largest absolute Gasteiger partial charge is 0.478 e. The molecule has 0 aliphatic rings. The van der Waals surface area contributed by atoms with Gasteiger partial charge in [0.1, 0.15) is 0 Å². The number of hydrogen-bond acceptors (Lipinski definition) is 2. The van der Waals surface area contributed by atoms with Crippen LogP contribution in [0.1, 0.15) is 13.3 Å². The lowest BCUT2D eigenvalue weighted by atomic mass is 10.2. The van der Waals surface area contributed by atoms with Gasteiger partial charge in [-0.3, -0.25) is 4.90 Å². The van der Waals surface area contributed by atoms with E-state index >= 15 is 0 Å². The average molecular weight is 225 g/mol. The highest BCUT2D eigenvalue weighted by molar-refractivity contribution is 5.86. The summed E-state index contributed by atoms with van der Waals surface area (Å²) in [5, 5.41) is 8.61. The third kappa shape index (κ3) is 6.96. The van der Waals surface area contributed by atoms with Crippen molar-refractivity contribution in [3.63, 3.8) is 0 Å². The molecule has 88 valence electrons. The molecule has 0 amide bonds. The van der Waals surface area contributed by atoms with Crippen molar-refractivity contribution in [2.45, 2.75) is 19.5 Å². The second-order valence-corrected chi connectivity index (χ2v) is 3.20. The molecule has 0 aromatic carbocycles. The van der Waals surface area contributed by atoms with E-state index in [4.69, 9.17) is 5.11 Å². The molecule has 3 nitrogen and oxygen atoms in total. The molecular weight excluding hydrogens is 211 g/mol. The molecule has 15 heavy (non-hydrogen) atoms. The first-order chi connectivity index (χ1) is 6.76. The minimum absolute atomic E-state index is 0.0189. The van der Waals surface area contributed by atoms with Crippen molar-refractivity contribution in [1.82, 2.24) is 4.90 Å². The summed E-state index contributed by atoms with van der Waals surface area (Å²) in [6.07, 6.45) is -2.65. The Morgan fingerprint density at radius 3 is 2.33 bits per heavy atom. The SMILES string of the molecule is CCC(=CCN(C)CC(F)(F)F)C(=O)O. The van der Waals surface area contributed by atoms with Crippen molar-refractivity contribution in [1.29, 1.82) is 0 Å². The van der Waals surface area contributed by atoms with Crippen molar-refractivity contribution in [2.75, 3.05) is 20.1 Å². The fourth-order valence-electron chi connectivity index (χ4n) is 1.02. The Hall–Kier alpha value is -1.04. The molecule has 0 aliphatic carbocycles. The Morgan fingerprint density at radius 2 is 2.00 bits per heavy atom. The van der Waals surface area contributed by atoms with Gasteiger partial charge in [-0.1, -0.05) is 13.0 Å². The topological polar surface area (TPSA) is 40.5 Å². The lowest BCUT2D eigenvalue weighted by Gasteiger charge is -2.16. The molecule has 0 aromatic rings. The van der Waals surface area contributed by atoms with Gasteiger partial charge in [0.25, 0.3) is 0 Å². The smallest absolute Gasteiger partial charge is 0.401 e. The molecule has 0 fully saturated rings. The number of likely N-dealkylation sites (N-methyl/N-ethyl adjacent to an activating group) is 1. The van der Waals surface area contributed by atoms with Crippen LogP contribution in [0.4, 0.5) is 13.2 Å². The van der Waals surface area contributed by atoms with Gasteiger partial charge in [0, 0.05) is 12.1 Å². The van der Waals surface area contributed by atoms with E-state index in [1.54, 1.807) is 6.92 Å². The third-order valence-corrected chi connectivity index (χ3v) is 1.75. The minimum Gasteiger partial charge on any atom is -0.478 e. The number of carboxylic acids is 1. The quantitative estimate of drug-likeness (QED) is 0.726. The fourth-order valence-corrected chi connectivity index (χ4v) is 1.02. The first-order valence-electron chi connectivity index (χ1n) is 4.44. The maximum Gasteiger partial charge on any atom is 0.401 e. The monoisotopic (exact) mass is 225 g/mol. The van der Waals surface area contributed by atoms with Crippen LogP contribution in [-0.4, -0.2) is 42.3 Å². The van der Waals surface area contributed by atoms with Crippen molar-refractivity contribution in [2.24, 2.45) is 0 Å². The predicted octanol–water partition coefficient (Wildman–Crippen LogP) is 1.90. The summed E-state index contributed by atoms with van der Waals surface area (Å²) in [6.45, 7) is 0.582. The Morgan fingerprint density at radius 1 is 1.47 bits per heavy atom. The lowest BCUT2D eigenvalue weighted by molar-refractivity contribution is -0.141. The molecule has 0 saturated heterocycles. The normalized spacial score (nSPS) is 13.3. The molecule has 0 bridgehead atoms. The van der Waals surface area contributed by atoms with Gasteiger partial charge in [-0.15, -0.1) is 0 Å². The van der Waals surface area contributed by atoms with Gasteiger partial charge in [0.05, 0.1) is 6.54 Å². The molecule has 0 rings (SSSR count). The van der Waals surface area contributed by atoms with Crippen LogP contribution in [0.3, 0.4) is 0 Å². The van der Waals surface area contributed by atoms with Crippen LogP contribution in [0.2, 0.25) is 0 Å². The van der Waals surface area contributed by atoms with Gasteiger partial charge in [-0.05, 0) is 13.5 Å². The lowest BCUT2D eigenvalue weighted by Crippen LogP contribution is -2.31. The molecular formula is C9H14F3NO2. The molecule has 0 radical (unpaired) electrons. The summed E-state index contributed by atoms with van der Waals surface area (Å²) in [4.78, 5) is 11.5. The predicted molar refractivity (Wildman–Crippen MR) is 49.6 cm³/mol. The number of carbonyl (C=O) groups is 1. The summed E-state index contributed by atoms with van der Waals surface area (Å²) < 4.78 is 35.7. The Balaban J connectivity index is 4.18. The van der Waals surface area contributed by atoms with E-state index in [0.717, 1.165) is 4.90 Å². The molecule has 0 spiro atoms. The van der Waals surface area contributed by atoms with E-state index in [1.165, 1.54) is 13.1 Å². The molecule has 0 saturated carbocycles. The Bertz CT molecular complexity index is 248. The molecule has 6 heteroatoms. The van der Waals surface area contributed by atoms with E-state index in [9.17, 15) is 18.0 Å². The standard InChI is InChI=1S/C9H14F3NO2/c1-3-7(8(14)15)4-5-13(2)6-9(10,11)12/h4H,3,5-6H2,1-2H3,(H,14,15). The highest BCUT2D eigenvalue weighted by atomic mass is 19.4. The Kier molecular flexibility index (Phi) is 5.35. The average Bonchev–Trinajstić information content (AvgIpc) is 2.01. The minimum atomic E-state index is -4.25. The first-order valence-corrected chi connectivity index (χ1v) is 4.44. The molecule has 0 atom stereocenters. The van der Waals surface area contributed by atoms with Gasteiger partial charge < -0.3 is 5.11 Å². The van der Waals surface area contributed by atoms with Gasteiger partial charge in [0.2, 0.25) is 0 Å². The summed E-state index contributed by atoms with van der Waals surface area (Å²) in [5.41, 5.74) is 0.129.